The Morgan fingerprint density at radius 2 is 2.07 bits per heavy atom. The van der Waals surface area contributed by atoms with Crippen LogP contribution < -0.4 is 11.0 Å². The van der Waals surface area contributed by atoms with Crippen molar-refractivity contribution in [1.82, 2.24) is 24.5 Å². The highest BCUT2D eigenvalue weighted by atomic mass is 32.2. The fourth-order valence-corrected chi connectivity index (χ4v) is 3.28. The fourth-order valence-electron chi connectivity index (χ4n) is 2.51. The largest absolute Gasteiger partial charge is 0.343 e. The summed E-state index contributed by atoms with van der Waals surface area (Å²) >= 11 is 1.17. The second kappa shape index (κ2) is 8.21. The average molecular weight is 390 g/mol. The number of hydrogen-bond acceptors (Lipinski definition) is 5. The molecule has 2 N–H and O–H groups in total. The van der Waals surface area contributed by atoms with Crippen LogP contribution in [0.3, 0.4) is 0 Å². The maximum Gasteiger partial charge on any atom is 0.343 e. The summed E-state index contributed by atoms with van der Waals surface area (Å²) < 4.78 is 16.2. The molecule has 0 aliphatic heterocycles. The van der Waals surface area contributed by atoms with E-state index in [9.17, 15) is 14.0 Å². The smallest absolute Gasteiger partial charge is 0.310 e. The molecule has 0 fully saturated rings. The molecular formula is C17H19FN6O2S. The molecule has 0 radical (unpaired) electrons. The van der Waals surface area contributed by atoms with Crippen molar-refractivity contribution in [3.63, 3.8) is 0 Å². The van der Waals surface area contributed by atoms with Gasteiger partial charge < -0.3 is 5.32 Å². The normalized spacial score (nSPS) is 10.9. The molecule has 0 bridgehead atoms. The zero-order valence-corrected chi connectivity index (χ0v) is 15.7. The van der Waals surface area contributed by atoms with Gasteiger partial charge in [0, 0.05) is 12.6 Å². The van der Waals surface area contributed by atoms with Crippen LogP contribution in [0.15, 0.2) is 40.3 Å². The number of H-pyrrole nitrogens is 1. The van der Waals surface area contributed by atoms with Gasteiger partial charge in [-0.05, 0) is 37.6 Å². The number of anilines is 1. The topological polar surface area (TPSA) is 97.6 Å². The maximum atomic E-state index is 13.1. The molecule has 1 amide bonds. The summed E-state index contributed by atoms with van der Waals surface area (Å²) in [7, 11) is 0. The lowest BCUT2D eigenvalue weighted by Gasteiger charge is -2.09. The van der Waals surface area contributed by atoms with E-state index in [0.29, 0.717) is 28.9 Å². The molecule has 0 saturated carbocycles. The number of nitrogens with zero attached hydrogens (tertiary/aromatic N) is 4. The molecule has 142 valence electrons. The van der Waals surface area contributed by atoms with Gasteiger partial charge in [0.05, 0.1) is 17.1 Å². The van der Waals surface area contributed by atoms with Crippen molar-refractivity contribution in [3.8, 4) is 5.69 Å². The second-order valence-electron chi connectivity index (χ2n) is 5.86. The highest BCUT2D eigenvalue weighted by Crippen LogP contribution is 2.19. The molecular weight excluding hydrogens is 371 g/mol. The van der Waals surface area contributed by atoms with E-state index in [1.165, 1.54) is 28.5 Å². The van der Waals surface area contributed by atoms with Gasteiger partial charge in [0.25, 0.3) is 0 Å². The monoisotopic (exact) mass is 390 g/mol. The van der Waals surface area contributed by atoms with Crippen molar-refractivity contribution in [2.24, 2.45) is 0 Å². The van der Waals surface area contributed by atoms with Crippen LogP contribution in [0.25, 0.3) is 5.69 Å². The number of hydrogen-bond donors (Lipinski definition) is 2. The summed E-state index contributed by atoms with van der Waals surface area (Å²) in [5, 5.41) is 13.9. The Labute approximate surface area is 158 Å². The average Bonchev–Trinajstić information content (AvgIpc) is 3.17. The zero-order valence-electron chi connectivity index (χ0n) is 14.9. The lowest BCUT2D eigenvalue weighted by atomic mass is 10.3. The first-order valence-electron chi connectivity index (χ1n) is 8.38. The van der Waals surface area contributed by atoms with Gasteiger partial charge in [0.1, 0.15) is 11.6 Å². The minimum absolute atomic E-state index is 0.0850. The first-order valence-corrected chi connectivity index (χ1v) is 9.37. The van der Waals surface area contributed by atoms with E-state index in [0.717, 1.165) is 6.42 Å². The summed E-state index contributed by atoms with van der Waals surface area (Å²) in [6.45, 7) is 4.30. The minimum atomic E-state index is -0.346. The van der Waals surface area contributed by atoms with Gasteiger partial charge in [-0.1, -0.05) is 18.7 Å². The fraction of sp³-hybridized carbons (Fsp3) is 0.294. The number of thioether (sulfide) groups is 1. The Balaban J connectivity index is 1.70. The number of halogens is 1. The van der Waals surface area contributed by atoms with Gasteiger partial charge in [-0.25, -0.2) is 19.0 Å². The number of aryl methyl sites for hydroxylation is 1. The van der Waals surface area contributed by atoms with Crippen molar-refractivity contribution in [3.05, 3.63) is 52.3 Å². The minimum Gasteiger partial charge on any atom is -0.310 e. The lowest BCUT2D eigenvalue weighted by Crippen LogP contribution is -2.19. The summed E-state index contributed by atoms with van der Waals surface area (Å²) in [5.41, 5.74) is 1.06. The van der Waals surface area contributed by atoms with Gasteiger partial charge in [-0.3, -0.25) is 9.36 Å². The molecule has 10 heteroatoms. The Morgan fingerprint density at radius 3 is 2.78 bits per heavy atom. The number of nitrogens with one attached hydrogen (secondary N) is 2. The summed E-state index contributed by atoms with van der Waals surface area (Å²) in [4.78, 5) is 24.0. The quantitative estimate of drug-likeness (QED) is 0.604. The molecule has 2 aromatic heterocycles. The van der Waals surface area contributed by atoms with Crippen molar-refractivity contribution >= 4 is 23.5 Å². The van der Waals surface area contributed by atoms with Crippen molar-refractivity contribution in [1.29, 1.82) is 0 Å². The van der Waals surface area contributed by atoms with Crippen LogP contribution >= 0.6 is 11.8 Å². The number of amides is 1. The number of aromatic nitrogens is 5. The maximum absolute atomic E-state index is 13.1. The molecule has 0 spiro atoms. The van der Waals surface area contributed by atoms with Crippen LogP contribution in [0, 0.1) is 12.7 Å². The van der Waals surface area contributed by atoms with Gasteiger partial charge in [0.2, 0.25) is 5.91 Å². The molecule has 3 aromatic rings. The van der Waals surface area contributed by atoms with E-state index in [2.05, 4.69) is 20.6 Å². The Kier molecular flexibility index (Phi) is 5.75. The van der Waals surface area contributed by atoms with Gasteiger partial charge in [-0.2, -0.15) is 5.10 Å². The summed E-state index contributed by atoms with van der Waals surface area (Å²) in [5.74, 6) is -0.0389. The van der Waals surface area contributed by atoms with Crippen LogP contribution in [-0.2, 0) is 11.3 Å². The summed E-state index contributed by atoms with van der Waals surface area (Å²) in [6.07, 6.45) is 0.787. The second-order valence-corrected chi connectivity index (χ2v) is 6.80. The van der Waals surface area contributed by atoms with E-state index in [-0.39, 0.29) is 23.2 Å². The van der Waals surface area contributed by atoms with Crippen molar-refractivity contribution in [2.75, 3.05) is 11.1 Å². The number of rotatable bonds is 7. The standard InChI is InChI=1S/C17H19FN6O2S/c1-3-8-23-16(26)20-21-17(23)27-10-15(25)19-14-9-11(2)22-24(14)13-6-4-12(18)5-7-13/h4-7,9H,3,8,10H2,1-2H3,(H,19,25)(H,20,26). The molecule has 0 aliphatic carbocycles. The molecule has 0 unspecified atom stereocenters. The molecule has 27 heavy (non-hydrogen) atoms. The van der Waals surface area contributed by atoms with E-state index in [1.54, 1.807) is 29.8 Å². The van der Waals surface area contributed by atoms with Gasteiger partial charge >= 0.3 is 5.69 Å². The van der Waals surface area contributed by atoms with Crippen LogP contribution in [-0.4, -0.2) is 36.2 Å². The molecule has 1 aromatic carbocycles. The first kappa shape index (κ1) is 18.9. The summed E-state index contributed by atoms with van der Waals surface area (Å²) in [6, 6.07) is 7.56. The van der Waals surface area contributed by atoms with E-state index in [1.807, 2.05) is 6.92 Å². The van der Waals surface area contributed by atoms with Crippen LogP contribution in [0.2, 0.25) is 0 Å². The molecule has 8 nitrogen and oxygen atoms in total. The number of aromatic amines is 1. The lowest BCUT2D eigenvalue weighted by molar-refractivity contribution is -0.113. The van der Waals surface area contributed by atoms with Gasteiger partial charge in [0.15, 0.2) is 5.16 Å². The van der Waals surface area contributed by atoms with Gasteiger partial charge in [-0.15, -0.1) is 5.10 Å². The predicted molar refractivity (Wildman–Crippen MR) is 101 cm³/mol. The van der Waals surface area contributed by atoms with Crippen molar-refractivity contribution < 1.29 is 9.18 Å². The molecule has 0 aliphatic rings. The Bertz CT molecular complexity index is 992. The zero-order chi connectivity index (χ0) is 19.4. The third-order valence-corrected chi connectivity index (χ3v) is 4.65. The highest BCUT2D eigenvalue weighted by Gasteiger charge is 2.14. The third kappa shape index (κ3) is 4.45. The van der Waals surface area contributed by atoms with Crippen LogP contribution in [0.5, 0.6) is 0 Å². The molecule has 0 atom stereocenters. The SMILES string of the molecule is CCCn1c(SCC(=O)Nc2cc(C)nn2-c2ccc(F)cc2)n[nH]c1=O. The molecule has 0 saturated heterocycles. The third-order valence-electron chi connectivity index (χ3n) is 3.67. The number of carbonyl (C=O) groups excluding carboxylic acids is 1. The Morgan fingerprint density at radius 1 is 1.33 bits per heavy atom. The van der Waals surface area contributed by atoms with Crippen LogP contribution in [0.4, 0.5) is 10.2 Å². The highest BCUT2D eigenvalue weighted by molar-refractivity contribution is 7.99. The Hall–Kier alpha value is -2.88. The van der Waals surface area contributed by atoms with E-state index < -0.39 is 0 Å². The predicted octanol–water partition coefficient (Wildman–Crippen LogP) is 2.35. The molecule has 3 rings (SSSR count). The molecule has 2 heterocycles. The number of carbonyl (C=O) groups is 1. The van der Waals surface area contributed by atoms with Crippen LogP contribution in [0.1, 0.15) is 19.0 Å². The van der Waals surface area contributed by atoms with E-state index >= 15 is 0 Å². The number of benzene rings is 1. The first-order chi connectivity index (χ1) is 13.0. The van der Waals surface area contributed by atoms with Crippen molar-refractivity contribution in [2.45, 2.75) is 32.0 Å². The van der Waals surface area contributed by atoms with E-state index in [4.69, 9.17) is 0 Å².